The summed E-state index contributed by atoms with van der Waals surface area (Å²) in [5.41, 5.74) is 1.09. The second kappa shape index (κ2) is 8.19. The first-order valence-corrected chi connectivity index (χ1v) is 8.38. The molecule has 1 aliphatic rings. The third-order valence-electron chi connectivity index (χ3n) is 3.97. The fourth-order valence-corrected chi connectivity index (χ4v) is 3.00. The van der Waals surface area contributed by atoms with Crippen LogP contribution in [0.25, 0.3) is 0 Å². The van der Waals surface area contributed by atoms with Gasteiger partial charge in [0.1, 0.15) is 5.75 Å². The van der Waals surface area contributed by atoms with E-state index in [-0.39, 0.29) is 6.03 Å². The number of hydrogen-bond acceptors (Lipinski definition) is 3. The molecule has 1 unspecified atom stereocenters. The number of halogens is 1. The van der Waals surface area contributed by atoms with Gasteiger partial charge in [0.15, 0.2) is 0 Å². The summed E-state index contributed by atoms with van der Waals surface area (Å²) in [4.78, 5) is 24.4. The molecule has 0 saturated carbocycles. The highest BCUT2D eigenvalue weighted by Gasteiger charge is 2.30. The quantitative estimate of drug-likeness (QED) is 0.738. The lowest BCUT2D eigenvalue weighted by atomic mass is 10.1. The van der Waals surface area contributed by atoms with E-state index in [1.165, 1.54) is 0 Å². The Hall–Kier alpha value is -1.76. The zero-order valence-electron chi connectivity index (χ0n) is 13.0. The van der Waals surface area contributed by atoms with Gasteiger partial charge in [-0.3, -0.25) is 4.79 Å². The number of carbonyl (C=O) groups is 2. The van der Waals surface area contributed by atoms with Gasteiger partial charge < -0.3 is 20.1 Å². The highest BCUT2D eigenvalue weighted by atomic mass is 79.9. The first kappa shape index (κ1) is 17.6. The van der Waals surface area contributed by atoms with Crippen LogP contribution in [-0.4, -0.2) is 48.8 Å². The Morgan fingerprint density at radius 3 is 2.91 bits per heavy atom. The lowest BCUT2D eigenvalue weighted by Gasteiger charge is -2.17. The third kappa shape index (κ3) is 4.86. The van der Waals surface area contributed by atoms with Gasteiger partial charge >= 0.3 is 12.0 Å². The molecule has 1 heterocycles. The van der Waals surface area contributed by atoms with Crippen molar-refractivity contribution in [1.82, 2.24) is 10.2 Å². The molecule has 1 aromatic rings. The molecule has 1 atom stereocenters. The first-order valence-electron chi connectivity index (χ1n) is 7.59. The van der Waals surface area contributed by atoms with Gasteiger partial charge in [-0.15, -0.1) is 0 Å². The average Bonchev–Trinajstić information content (AvgIpc) is 3.02. The predicted octanol–water partition coefficient (Wildman–Crippen LogP) is 2.51. The number of carboxylic acid groups (broad SMARTS) is 1. The van der Waals surface area contributed by atoms with E-state index < -0.39 is 11.9 Å². The number of carboxylic acids is 1. The van der Waals surface area contributed by atoms with E-state index in [0.29, 0.717) is 26.1 Å². The van der Waals surface area contributed by atoms with Crippen molar-refractivity contribution >= 4 is 27.9 Å². The van der Waals surface area contributed by atoms with Crippen LogP contribution in [0.5, 0.6) is 5.75 Å². The highest BCUT2D eigenvalue weighted by Crippen LogP contribution is 2.24. The molecule has 2 rings (SSSR count). The molecule has 0 bridgehead atoms. The Morgan fingerprint density at radius 1 is 1.48 bits per heavy atom. The maximum atomic E-state index is 12.0. The molecule has 23 heavy (non-hydrogen) atoms. The summed E-state index contributed by atoms with van der Waals surface area (Å²) in [5, 5.41) is 11.8. The second-order valence-electron chi connectivity index (χ2n) is 5.56. The van der Waals surface area contributed by atoms with E-state index in [4.69, 9.17) is 9.84 Å². The van der Waals surface area contributed by atoms with Crippen molar-refractivity contribution in [2.24, 2.45) is 5.92 Å². The van der Waals surface area contributed by atoms with E-state index in [1.807, 2.05) is 18.2 Å². The second-order valence-corrected chi connectivity index (χ2v) is 6.48. The van der Waals surface area contributed by atoms with Crippen molar-refractivity contribution < 1.29 is 19.4 Å². The van der Waals surface area contributed by atoms with E-state index >= 15 is 0 Å². The molecule has 2 amide bonds. The molecule has 1 aromatic carbocycles. The summed E-state index contributed by atoms with van der Waals surface area (Å²) >= 11 is 3.41. The molecule has 7 heteroatoms. The van der Waals surface area contributed by atoms with Gasteiger partial charge in [-0.1, -0.05) is 22.0 Å². The number of likely N-dealkylation sites (tertiary alicyclic amines) is 1. The number of aliphatic carboxylic acids is 1. The molecule has 0 radical (unpaired) electrons. The number of rotatable bonds is 6. The smallest absolute Gasteiger partial charge is 0.317 e. The van der Waals surface area contributed by atoms with Gasteiger partial charge in [-0.25, -0.2) is 4.79 Å². The standard InChI is InChI=1S/C16H21BrN2O4/c1-23-14-9-13(17)5-4-11(14)3-2-7-18-16(22)19-8-6-12(10-19)15(20)21/h4-5,9,12H,2-3,6-8,10H2,1H3,(H,18,22)(H,20,21). The van der Waals surface area contributed by atoms with E-state index in [1.54, 1.807) is 12.0 Å². The van der Waals surface area contributed by atoms with Gasteiger partial charge in [0, 0.05) is 24.1 Å². The Balaban J connectivity index is 1.73. The van der Waals surface area contributed by atoms with Crippen molar-refractivity contribution in [3.05, 3.63) is 28.2 Å². The minimum atomic E-state index is -0.831. The van der Waals surface area contributed by atoms with E-state index in [9.17, 15) is 9.59 Å². The van der Waals surface area contributed by atoms with Crippen LogP contribution in [0.1, 0.15) is 18.4 Å². The molecule has 0 spiro atoms. The van der Waals surface area contributed by atoms with Crippen LogP contribution >= 0.6 is 15.9 Å². The normalized spacial score (nSPS) is 17.1. The molecule has 2 N–H and O–H groups in total. The summed E-state index contributed by atoms with van der Waals surface area (Å²) < 4.78 is 6.30. The topological polar surface area (TPSA) is 78.9 Å². The molecule has 1 fully saturated rings. The molecular weight excluding hydrogens is 364 g/mol. The number of nitrogens with one attached hydrogen (secondary N) is 1. The number of urea groups is 1. The van der Waals surface area contributed by atoms with Crippen molar-refractivity contribution in [2.75, 3.05) is 26.7 Å². The first-order chi connectivity index (χ1) is 11.0. The Morgan fingerprint density at radius 2 is 2.26 bits per heavy atom. The van der Waals surface area contributed by atoms with Crippen LogP contribution in [0.2, 0.25) is 0 Å². The Kier molecular flexibility index (Phi) is 6.27. The van der Waals surface area contributed by atoms with Gasteiger partial charge in [0.25, 0.3) is 0 Å². The van der Waals surface area contributed by atoms with Crippen LogP contribution in [0.4, 0.5) is 4.79 Å². The van der Waals surface area contributed by atoms with E-state index in [2.05, 4.69) is 21.2 Å². The fourth-order valence-electron chi connectivity index (χ4n) is 2.66. The summed E-state index contributed by atoms with van der Waals surface area (Å²) in [6.45, 7) is 1.34. The van der Waals surface area contributed by atoms with E-state index in [0.717, 1.165) is 28.6 Å². The van der Waals surface area contributed by atoms with Crippen LogP contribution < -0.4 is 10.1 Å². The third-order valence-corrected chi connectivity index (χ3v) is 4.47. The summed E-state index contributed by atoms with van der Waals surface area (Å²) in [5.74, 6) is -0.440. The van der Waals surface area contributed by atoms with Crippen molar-refractivity contribution in [1.29, 1.82) is 0 Å². The van der Waals surface area contributed by atoms with Crippen LogP contribution in [0.3, 0.4) is 0 Å². The molecular formula is C16H21BrN2O4. The largest absolute Gasteiger partial charge is 0.496 e. The minimum absolute atomic E-state index is 0.184. The summed E-state index contributed by atoms with van der Waals surface area (Å²) in [7, 11) is 1.64. The number of carbonyl (C=O) groups excluding carboxylic acids is 1. The van der Waals surface area contributed by atoms with Crippen molar-refractivity contribution in [2.45, 2.75) is 19.3 Å². The van der Waals surface area contributed by atoms with Crippen molar-refractivity contribution in [3.8, 4) is 5.75 Å². The van der Waals surface area contributed by atoms with Crippen molar-refractivity contribution in [3.63, 3.8) is 0 Å². The number of hydrogen-bond donors (Lipinski definition) is 2. The Bertz CT molecular complexity index is 579. The average molecular weight is 385 g/mol. The van der Waals surface area contributed by atoms with Gasteiger partial charge in [-0.05, 0) is 37.0 Å². The monoisotopic (exact) mass is 384 g/mol. The molecule has 0 aromatic heterocycles. The maximum absolute atomic E-state index is 12.0. The molecule has 1 saturated heterocycles. The molecule has 6 nitrogen and oxygen atoms in total. The van der Waals surface area contributed by atoms with Gasteiger partial charge in [-0.2, -0.15) is 0 Å². The highest BCUT2D eigenvalue weighted by molar-refractivity contribution is 9.10. The lowest BCUT2D eigenvalue weighted by Crippen LogP contribution is -2.39. The van der Waals surface area contributed by atoms with Gasteiger partial charge in [0.2, 0.25) is 0 Å². The van der Waals surface area contributed by atoms with Crippen LogP contribution in [0, 0.1) is 5.92 Å². The Labute approximate surface area is 143 Å². The zero-order valence-corrected chi connectivity index (χ0v) is 14.6. The van der Waals surface area contributed by atoms with Crippen LogP contribution in [0.15, 0.2) is 22.7 Å². The molecule has 1 aliphatic heterocycles. The number of methoxy groups -OCH3 is 1. The van der Waals surface area contributed by atoms with Crippen LogP contribution in [-0.2, 0) is 11.2 Å². The maximum Gasteiger partial charge on any atom is 0.317 e. The molecule has 126 valence electrons. The molecule has 0 aliphatic carbocycles. The summed E-state index contributed by atoms with van der Waals surface area (Å²) in [6, 6.07) is 5.70. The number of amides is 2. The summed E-state index contributed by atoms with van der Waals surface area (Å²) in [6.07, 6.45) is 2.12. The number of ether oxygens (including phenoxy) is 1. The predicted molar refractivity (Wildman–Crippen MR) is 89.7 cm³/mol. The minimum Gasteiger partial charge on any atom is -0.496 e. The lowest BCUT2D eigenvalue weighted by molar-refractivity contribution is -0.141. The van der Waals surface area contributed by atoms with Gasteiger partial charge in [0.05, 0.1) is 13.0 Å². The zero-order chi connectivity index (χ0) is 16.8. The SMILES string of the molecule is COc1cc(Br)ccc1CCCNC(=O)N1CCC(C(=O)O)C1. The number of benzene rings is 1. The number of nitrogens with zero attached hydrogens (tertiary/aromatic N) is 1. The fraction of sp³-hybridized carbons (Fsp3) is 0.500. The number of aryl methyl sites for hydroxylation is 1.